The number of hydrogen-bond donors (Lipinski definition) is 3. The molecule has 0 amide bonds. The van der Waals surface area contributed by atoms with Crippen molar-refractivity contribution in [1.29, 1.82) is 0 Å². The van der Waals surface area contributed by atoms with E-state index in [-0.39, 0.29) is 11.6 Å². The van der Waals surface area contributed by atoms with Gasteiger partial charge in [-0.15, -0.1) is 0 Å². The number of pyridine rings is 1. The molecule has 2 heterocycles. The summed E-state index contributed by atoms with van der Waals surface area (Å²) < 4.78 is 1.63. The molecule has 2 aromatic heterocycles. The Morgan fingerprint density at radius 1 is 1.48 bits per heavy atom. The Balaban J connectivity index is 2.56. The number of nitrogens with zero attached hydrogens (tertiary/aromatic N) is 3. The molecule has 0 aliphatic carbocycles. The highest BCUT2D eigenvalue weighted by Crippen LogP contribution is 2.29. The van der Waals surface area contributed by atoms with Gasteiger partial charge in [-0.05, 0) is 27.2 Å². The van der Waals surface area contributed by atoms with Crippen LogP contribution in [0.3, 0.4) is 0 Å². The average Bonchev–Trinajstić information content (AvgIpc) is 2.64. The van der Waals surface area contributed by atoms with Gasteiger partial charge in [0.1, 0.15) is 5.56 Å². The molecule has 0 radical (unpaired) electrons. The van der Waals surface area contributed by atoms with Crippen molar-refractivity contribution in [2.24, 2.45) is 7.05 Å². The SMILES string of the molecule is Cc1nn(C)c2ncc(C(=O)O)c(NC(C)CC(C)O)c12. The largest absolute Gasteiger partial charge is 0.478 e. The summed E-state index contributed by atoms with van der Waals surface area (Å²) in [6.07, 6.45) is 1.39. The van der Waals surface area contributed by atoms with Crippen molar-refractivity contribution < 1.29 is 15.0 Å². The monoisotopic (exact) mass is 292 g/mol. The lowest BCUT2D eigenvalue weighted by molar-refractivity contribution is 0.0697. The summed E-state index contributed by atoms with van der Waals surface area (Å²) in [6, 6.07) is -0.0756. The zero-order chi connectivity index (χ0) is 15.7. The molecule has 0 aliphatic rings. The molecule has 3 N–H and O–H groups in total. The molecule has 2 unspecified atom stereocenters. The Morgan fingerprint density at radius 2 is 2.14 bits per heavy atom. The van der Waals surface area contributed by atoms with Crippen LogP contribution in [0.2, 0.25) is 0 Å². The highest BCUT2D eigenvalue weighted by atomic mass is 16.4. The molecule has 2 rings (SSSR count). The van der Waals surface area contributed by atoms with E-state index in [9.17, 15) is 15.0 Å². The third-order valence-corrected chi connectivity index (χ3v) is 3.34. The second-order valence-corrected chi connectivity index (χ2v) is 5.39. The van der Waals surface area contributed by atoms with Crippen molar-refractivity contribution in [3.05, 3.63) is 17.5 Å². The Morgan fingerprint density at radius 3 is 2.71 bits per heavy atom. The lowest BCUT2D eigenvalue weighted by Crippen LogP contribution is -2.22. The normalized spacial score (nSPS) is 14.1. The van der Waals surface area contributed by atoms with Gasteiger partial charge in [0.25, 0.3) is 0 Å². The number of aryl methyl sites for hydroxylation is 2. The number of nitrogens with one attached hydrogen (secondary N) is 1. The summed E-state index contributed by atoms with van der Waals surface area (Å²) in [5, 5.41) is 27.0. The summed E-state index contributed by atoms with van der Waals surface area (Å²) in [7, 11) is 1.77. The van der Waals surface area contributed by atoms with Crippen LogP contribution in [0.5, 0.6) is 0 Å². The number of anilines is 1. The van der Waals surface area contributed by atoms with Gasteiger partial charge in [-0.25, -0.2) is 9.78 Å². The van der Waals surface area contributed by atoms with Gasteiger partial charge in [-0.1, -0.05) is 0 Å². The minimum atomic E-state index is -1.04. The quantitative estimate of drug-likeness (QED) is 0.773. The predicted octanol–water partition coefficient (Wildman–Crippen LogP) is 1.55. The Labute approximate surface area is 122 Å². The summed E-state index contributed by atoms with van der Waals surface area (Å²) >= 11 is 0. The molecule has 0 bridgehead atoms. The predicted molar refractivity (Wildman–Crippen MR) is 79.6 cm³/mol. The van der Waals surface area contributed by atoms with Crippen LogP contribution in [-0.4, -0.2) is 43.1 Å². The molecule has 0 saturated heterocycles. The number of rotatable bonds is 5. The number of aromatic carboxylic acids is 1. The van der Waals surface area contributed by atoms with Crippen LogP contribution < -0.4 is 5.32 Å². The minimum Gasteiger partial charge on any atom is -0.478 e. The van der Waals surface area contributed by atoms with E-state index < -0.39 is 12.1 Å². The molecular formula is C14H20N4O3. The van der Waals surface area contributed by atoms with E-state index in [4.69, 9.17) is 0 Å². The molecule has 2 aromatic rings. The van der Waals surface area contributed by atoms with E-state index in [1.807, 2.05) is 13.8 Å². The second kappa shape index (κ2) is 5.69. The van der Waals surface area contributed by atoms with Crippen LogP contribution in [0, 0.1) is 6.92 Å². The number of carbonyl (C=O) groups is 1. The molecule has 2 atom stereocenters. The van der Waals surface area contributed by atoms with Crippen LogP contribution >= 0.6 is 0 Å². The molecule has 7 nitrogen and oxygen atoms in total. The maximum atomic E-state index is 11.4. The molecule has 114 valence electrons. The first-order chi connectivity index (χ1) is 9.81. The molecule has 0 aromatic carbocycles. The zero-order valence-corrected chi connectivity index (χ0v) is 12.6. The summed E-state index contributed by atoms with van der Waals surface area (Å²) in [5.74, 6) is -1.04. The fraction of sp³-hybridized carbons (Fsp3) is 0.500. The van der Waals surface area contributed by atoms with E-state index in [2.05, 4.69) is 15.4 Å². The minimum absolute atomic E-state index is 0.0756. The number of aromatic nitrogens is 3. The van der Waals surface area contributed by atoms with Crippen molar-refractivity contribution in [3.63, 3.8) is 0 Å². The maximum Gasteiger partial charge on any atom is 0.339 e. The molecule has 7 heteroatoms. The number of fused-ring (bicyclic) bond motifs is 1. The van der Waals surface area contributed by atoms with Crippen molar-refractivity contribution in [3.8, 4) is 0 Å². The zero-order valence-electron chi connectivity index (χ0n) is 12.6. The van der Waals surface area contributed by atoms with Crippen LogP contribution in [0.4, 0.5) is 5.69 Å². The standard InChI is InChI=1S/C14H20N4O3/c1-7(5-8(2)19)16-12-10(14(20)21)6-15-13-11(12)9(3)17-18(13)4/h6-8,19H,5H2,1-4H3,(H,15,16)(H,20,21). The van der Waals surface area contributed by atoms with Crippen molar-refractivity contribution in [2.75, 3.05) is 5.32 Å². The lowest BCUT2D eigenvalue weighted by Gasteiger charge is -2.19. The van der Waals surface area contributed by atoms with E-state index in [1.165, 1.54) is 6.20 Å². The molecule has 0 fully saturated rings. The van der Waals surface area contributed by atoms with Gasteiger partial charge in [-0.2, -0.15) is 5.10 Å². The highest BCUT2D eigenvalue weighted by molar-refractivity contribution is 6.04. The lowest BCUT2D eigenvalue weighted by atomic mass is 10.1. The van der Waals surface area contributed by atoms with Gasteiger partial charge in [0.05, 0.1) is 22.9 Å². The van der Waals surface area contributed by atoms with Crippen LogP contribution in [0.25, 0.3) is 11.0 Å². The second-order valence-electron chi connectivity index (χ2n) is 5.39. The van der Waals surface area contributed by atoms with Gasteiger partial charge < -0.3 is 15.5 Å². The number of aliphatic hydroxyl groups excluding tert-OH is 1. The first-order valence-electron chi connectivity index (χ1n) is 6.81. The van der Waals surface area contributed by atoms with Crippen LogP contribution in [-0.2, 0) is 7.05 Å². The Kier molecular flexibility index (Phi) is 4.13. The van der Waals surface area contributed by atoms with E-state index >= 15 is 0 Å². The topological polar surface area (TPSA) is 100 Å². The first kappa shape index (κ1) is 15.2. The summed E-state index contributed by atoms with van der Waals surface area (Å²) in [5.41, 5.74) is 1.96. The van der Waals surface area contributed by atoms with Crippen molar-refractivity contribution >= 4 is 22.7 Å². The third-order valence-electron chi connectivity index (χ3n) is 3.34. The molecule has 0 aliphatic heterocycles. The fourth-order valence-electron chi connectivity index (χ4n) is 2.54. The van der Waals surface area contributed by atoms with E-state index in [0.29, 0.717) is 23.1 Å². The van der Waals surface area contributed by atoms with Gasteiger partial charge in [0.15, 0.2) is 5.65 Å². The number of hydrogen-bond acceptors (Lipinski definition) is 5. The van der Waals surface area contributed by atoms with E-state index in [1.54, 1.807) is 18.7 Å². The fourth-order valence-corrected chi connectivity index (χ4v) is 2.54. The highest BCUT2D eigenvalue weighted by Gasteiger charge is 2.20. The molecule has 21 heavy (non-hydrogen) atoms. The van der Waals surface area contributed by atoms with E-state index in [0.717, 1.165) is 5.69 Å². The number of carboxylic acids is 1. The summed E-state index contributed by atoms with van der Waals surface area (Å²) in [6.45, 7) is 5.42. The first-order valence-corrected chi connectivity index (χ1v) is 6.81. The van der Waals surface area contributed by atoms with Gasteiger partial charge in [0, 0.05) is 19.3 Å². The van der Waals surface area contributed by atoms with Crippen LogP contribution in [0.15, 0.2) is 6.20 Å². The molecular weight excluding hydrogens is 272 g/mol. The third kappa shape index (κ3) is 2.97. The van der Waals surface area contributed by atoms with Gasteiger partial charge >= 0.3 is 5.97 Å². The average molecular weight is 292 g/mol. The number of carboxylic acid groups (broad SMARTS) is 1. The van der Waals surface area contributed by atoms with Crippen molar-refractivity contribution in [1.82, 2.24) is 14.8 Å². The maximum absolute atomic E-state index is 11.4. The molecule has 0 spiro atoms. The van der Waals surface area contributed by atoms with Crippen LogP contribution in [0.1, 0.15) is 36.3 Å². The smallest absolute Gasteiger partial charge is 0.339 e. The Bertz CT molecular complexity index is 678. The van der Waals surface area contributed by atoms with Crippen molar-refractivity contribution in [2.45, 2.75) is 39.3 Å². The van der Waals surface area contributed by atoms with Gasteiger partial charge in [-0.3, -0.25) is 4.68 Å². The number of aliphatic hydroxyl groups is 1. The summed E-state index contributed by atoms with van der Waals surface area (Å²) in [4.78, 5) is 15.6. The Hall–Kier alpha value is -2.15. The molecule has 0 saturated carbocycles. The van der Waals surface area contributed by atoms with Gasteiger partial charge in [0.2, 0.25) is 0 Å².